The van der Waals surface area contributed by atoms with Crippen LogP contribution >= 0.6 is 0 Å². The van der Waals surface area contributed by atoms with E-state index in [2.05, 4.69) is 20.9 Å². The minimum atomic E-state index is -1.86. The summed E-state index contributed by atoms with van der Waals surface area (Å²) in [7, 11) is -0.241. The molecule has 0 amide bonds. The van der Waals surface area contributed by atoms with Crippen LogP contribution in [-0.2, 0) is 9.62 Å². The molecule has 1 saturated carbocycles. The van der Waals surface area contributed by atoms with Gasteiger partial charge in [0, 0.05) is 54.0 Å². The van der Waals surface area contributed by atoms with E-state index in [1.165, 1.54) is 18.5 Å². The lowest BCUT2D eigenvalue weighted by molar-refractivity contribution is 0.0360. The normalized spacial score (nSPS) is 20.0. The maximum atomic E-state index is 7.82. The van der Waals surface area contributed by atoms with Gasteiger partial charge in [-0.2, -0.15) is 0 Å². The average Bonchev–Trinajstić information content (AvgIpc) is 2.46. The molecule has 0 radical (unpaired) electrons. The molecule has 128 valence electrons. The molecule has 1 spiro atoms. The summed E-state index contributed by atoms with van der Waals surface area (Å²) >= 11 is 0. The highest BCUT2D eigenvalue weighted by Gasteiger charge is 2.52. The molecule has 1 aliphatic carbocycles. The summed E-state index contributed by atoms with van der Waals surface area (Å²) in [5, 5.41) is 1.09. The number of hydrogen-bond acceptors (Lipinski definition) is 6. The third-order valence-corrected chi connectivity index (χ3v) is 6.34. The highest BCUT2D eigenvalue weighted by molar-refractivity contribution is 7.92. The number of pyridine rings is 2. The number of nitrogens with one attached hydrogen (secondary N) is 2. The van der Waals surface area contributed by atoms with Crippen molar-refractivity contribution in [1.82, 2.24) is 9.97 Å². The van der Waals surface area contributed by atoms with Gasteiger partial charge in [-0.3, -0.25) is 14.5 Å². The SMILES string of the molecule is COc1nccc2c(N3CC4(CC(CS(C)(=N)=N)C4)C3)ccnc12. The fourth-order valence-electron chi connectivity index (χ4n) is 4.41. The Morgan fingerprint density at radius 3 is 2.62 bits per heavy atom. The first-order valence-corrected chi connectivity index (χ1v) is 10.4. The zero-order chi connectivity index (χ0) is 16.9. The maximum absolute atomic E-state index is 7.82. The van der Waals surface area contributed by atoms with E-state index >= 15 is 0 Å². The first-order chi connectivity index (χ1) is 11.4. The topological polar surface area (TPSA) is 86.0 Å². The van der Waals surface area contributed by atoms with E-state index in [1.54, 1.807) is 19.6 Å². The maximum Gasteiger partial charge on any atom is 0.240 e. The van der Waals surface area contributed by atoms with Crippen LogP contribution in [0.2, 0.25) is 0 Å². The van der Waals surface area contributed by atoms with E-state index in [4.69, 9.17) is 14.3 Å². The number of methoxy groups -OCH3 is 1. The Bertz CT molecular complexity index is 881. The summed E-state index contributed by atoms with van der Waals surface area (Å²) < 4.78 is 21.0. The van der Waals surface area contributed by atoms with E-state index in [0.717, 1.165) is 29.7 Å². The van der Waals surface area contributed by atoms with E-state index in [1.807, 2.05) is 12.3 Å². The number of aromatic nitrogens is 2. The van der Waals surface area contributed by atoms with Gasteiger partial charge in [-0.05, 0) is 30.9 Å². The van der Waals surface area contributed by atoms with Gasteiger partial charge in [-0.1, -0.05) is 9.62 Å². The summed E-state index contributed by atoms with van der Waals surface area (Å²) in [5.41, 5.74) is 2.43. The highest BCUT2D eigenvalue weighted by atomic mass is 32.2. The first kappa shape index (κ1) is 15.6. The van der Waals surface area contributed by atoms with Crippen molar-refractivity contribution in [2.45, 2.75) is 12.8 Å². The van der Waals surface area contributed by atoms with Crippen LogP contribution in [0.15, 0.2) is 24.5 Å². The number of rotatable bonds is 4. The molecule has 0 unspecified atom stereocenters. The summed E-state index contributed by atoms with van der Waals surface area (Å²) in [4.78, 5) is 11.1. The zero-order valence-electron chi connectivity index (χ0n) is 14.1. The van der Waals surface area contributed by atoms with Crippen molar-refractivity contribution in [3.8, 4) is 5.88 Å². The van der Waals surface area contributed by atoms with E-state index in [0.29, 0.717) is 17.2 Å². The molecule has 24 heavy (non-hydrogen) atoms. The van der Waals surface area contributed by atoms with E-state index < -0.39 is 9.62 Å². The summed E-state index contributed by atoms with van der Waals surface area (Å²) in [6.45, 7) is 2.13. The molecule has 4 rings (SSSR count). The number of anilines is 1. The monoisotopic (exact) mass is 345 g/mol. The smallest absolute Gasteiger partial charge is 0.240 e. The molecule has 2 aromatic rings. The van der Waals surface area contributed by atoms with Gasteiger partial charge in [0.25, 0.3) is 0 Å². The van der Waals surface area contributed by atoms with Crippen molar-refractivity contribution in [2.75, 3.05) is 37.1 Å². The molecule has 0 aromatic carbocycles. The number of hydrogen-bond donors (Lipinski definition) is 2. The molecule has 3 heterocycles. The predicted molar refractivity (Wildman–Crippen MR) is 97.1 cm³/mol. The number of ether oxygens (including phenoxy) is 1. The van der Waals surface area contributed by atoms with Crippen LogP contribution in [0.25, 0.3) is 10.9 Å². The molecule has 7 heteroatoms. The quantitative estimate of drug-likeness (QED) is 0.891. The van der Waals surface area contributed by atoms with Gasteiger partial charge in [0.15, 0.2) is 0 Å². The standard InChI is InChI=1S/C17H23N5OS/c1-23-16-15-13(3-5-21-16)14(4-6-20-15)22-10-17(11-22)7-12(8-17)9-24(2,18)19/h3-6,12,18-19H,7-11H2,1-2H3. The van der Waals surface area contributed by atoms with Crippen LogP contribution in [0, 0.1) is 20.9 Å². The van der Waals surface area contributed by atoms with Gasteiger partial charge in [0.05, 0.1) is 7.11 Å². The van der Waals surface area contributed by atoms with Crippen LogP contribution in [0.1, 0.15) is 12.8 Å². The Labute approximate surface area is 142 Å². The van der Waals surface area contributed by atoms with Gasteiger partial charge >= 0.3 is 0 Å². The molecule has 2 fully saturated rings. The van der Waals surface area contributed by atoms with E-state index in [-0.39, 0.29) is 0 Å². The fraction of sp³-hybridized carbons (Fsp3) is 0.529. The number of fused-ring (bicyclic) bond motifs is 1. The third-order valence-electron chi connectivity index (χ3n) is 5.20. The second-order valence-electron chi connectivity index (χ2n) is 7.43. The Balaban J connectivity index is 1.50. The van der Waals surface area contributed by atoms with Gasteiger partial charge in [0.2, 0.25) is 5.88 Å². The van der Waals surface area contributed by atoms with Gasteiger partial charge < -0.3 is 9.64 Å². The molecule has 1 saturated heterocycles. The Hall–Kier alpha value is -1.89. The summed E-state index contributed by atoms with van der Waals surface area (Å²) in [6.07, 6.45) is 7.73. The average molecular weight is 345 g/mol. The second-order valence-corrected chi connectivity index (χ2v) is 9.94. The molecular formula is C17H23N5OS. The summed E-state index contributed by atoms with van der Waals surface area (Å²) in [5.74, 6) is 1.93. The van der Waals surface area contributed by atoms with Crippen molar-refractivity contribution >= 4 is 26.2 Å². The van der Waals surface area contributed by atoms with Crippen LogP contribution in [0.3, 0.4) is 0 Å². The molecule has 1 aliphatic heterocycles. The molecule has 2 aliphatic rings. The Kier molecular flexibility index (Phi) is 3.46. The van der Waals surface area contributed by atoms with Crippen molar-refractivity contribution in [1.29, 1.82) is 9.56 Å². The third kappa shape index (κ3) is 2.60. The molecular weight excluding hydrogens is 322 g/mol. The highest BCUT2D eigenvalue weighted by Crippen LogP contribution is 2.53. The van der Waals surface area contributed by atoms with Crippen molar-refractivity contribution in [3.05, 3.63) is 24.5 Å². The molecule has 2 N–H and O–H groups in total. The minimum absolute atomic E-state index is 0.419. The van der Waals surface area contributed by atoms with E-state index in [9.17, 15) is 0 Å². The lowest BCUT2D eigenvalue weighted by Gasteiger charge is -2.60. The minimum Gasteiger partial charge on any atom is -0.479 e. The largest absolute Gasteiger partial charge is 0.479 e. The van der Waals surface area contributed by atoms with Crippen molar-refractivity contribution < 1.29 is 4.74 Å². The molecule has 0 atom stereocenters. The molecule has 0 bridgehead atoms. The summed E-state index contributed by atoms with van der Waals surface area (Å²) in [6, 6.07) is 4.07. The Morgan fingerprint density at radius 2 is 1.96 bits per heavy atom. The van der Waals surface area contributed by atoms with Gasteiger partial charge in [0.1, 0.15) is 5.52 Å². The predicted octanol–water partition coefficient (Wildman–Crippen LogP) is 3.16. The lowest BCUT2D eigenvalue weighted by Crippen LogP contribution is -2.63. The zero-order valence-corrected chi connectivity index (χ0v) is 14.9. The number of nitrogens with zero attached hydrogens (tertiary/aromatic N) is 3. The van der Waals surface area contributed by atoms with Gasteiger partial charge in [-0.15, -0.1) is 0 Å². The van der Waals surface area contributed by atoms with Gasteiger partial charge in [-0.25, -0.2) is 4.98 Å². The first-order valence-electron chi connectivity index (χ1n) is 8.17. The lowest BCUT2D eigenvalue weighted by atomic mass is 9.58. The van der Waals surface area contributed by atoms with Crippen LogP contribution in [0.4, 0.5) is 5.69 Å². The Morgan fingerprint density at radius 1 is 1.25 bits per heavy atom. The van der Waals surface area contributed by atoms with Crippen LogP contribution in [-0.4, -0.2) is 42.2 Å². The van der Waals surface area contributed by atoms with Crippen LogP contribution < -0.4 is 9.64 Å². The van der Waals surface area contributed by atoms with Crippen molar-refractivity contribution in [2.24, 2.45) is 11.3 Å². The second kappa shape index (κ2) is 5.31. The van der Waals surface area contributed by atoms with Crippen molar-refractivity contribution in [3.63, 3.8) is 0 Å². The molecule has 6 nitrogen and oxygen atoms in total. The fourth-order valence-corrected chi connectivity index (χ4v) is 5.59. The van der Waals surface area contributed by atoms with Crippen LogP contribution in [0.5, 0.6) is 5.88 Å². The molecule has 2 aromatic heterocycles.